The van der Waals surface area contributed by atoms with Crippen LogP contribution in [0.5, 0.6) is 0 Å². The minimum atomic E-state index is -3.94. The Balaban J connectivity index is 3.20. The molecule has 1 rings (SSSR count). The maximum atomic E-state index is 12.1. The molecule has 0 atom stereocenters. The average molecular weight is 359 g/mol. The fraction of sp³-hybridized carbons (Fsp3) is 0.417. The van der Waals surface area contributed by atoms with Gasteiger partial charge in [0.05, 0.1) is 20.6 Å². The normalized spacial score (nSPS) is 12.3. The van der Waals surface area contributed by atoms with Gasteiger partial charge in [0, 0.05) is 16.1 Å². The number of nitrogens with one attached hydrogen (secondary N) is 1. The van der Waals surface area contributed by atoms with Gasteiger partial charge in [-0.25, -0.2) is 8.42 Å². The van der Waals surface area contributed by atoms with Crippen LogP contribution in [0.4, 0.5) is 5.69 Å². The Hall–Kier alpha value is -0.490. The van der Waals surface area contributed by atoms with E-state index in [4.69, 9.17) is 33.9 Å². The van der Waals surface area contributed by atoms with Crippen molar-refractivity contribution >= 4 is 54.5 Å². The van der Waals surface area contributed by atoms with Gasteiger partial charge in [-0.15, -0.1) is 0 Å². The number of anilines is 1. The summed E-state index contributed by atoms with van der Waals surface area (Å²) in [5, 5.41) is 2.63. The highest BCUT2D eigenvalue weighted by molar-refractivity contribution is 8.13. The quantitative estimate of drug-likeness (QED) is 0.816. The van der Waals surface area contributed by atoms with Crippen molar-refractivity contribution in [2.45, 2.75) is 32.1 Å². The summed E-state index contributed by atoms with van der Waals surface area (Å²) in [6.07, 6.45) is 0.627. The Kier molecular flexibility index (Phi) is 5.35. The van der Waals surface area contributed by atoms with Crippen LogP contribution in [-0.4, -0.2) is 14.3 Å². The van der Waals surface area contributed by atoms with Crippen LogP contribution in [0.25, 0.3) is 0 Å². The first-order valence-corrected chi connectivity index (χ1v) is 8.80. The summed E-state index contributed by atoms with van der Waals surface area (Å²) in [6.45, 7) is 5.44. The van der Waals surface area contributed by atoms with Crippen molar-refractivity contribution < 1.29 is 13.2 Å². The molecule has 1 aromatic carbocycles. The van der Waals surface area contributed by atoms with Gasteiger partial charge in [0.25, 0.3) is 9.05 Å². The summed E-state index contributed by atoms with van der Waals surface area (Å²) in [4.78, 5) is 11.9. The first-order chi connectivity index (χ1) is 8.99. The first-order valence-electron chi connectivity index (χ1n) is 5.74. The molecule has 0 aromatic heterocycles. The summed E-state index contributed by atoms with van der Waals surface area (Å²) in [5.41, 5.74) is -0.423. The molecule has 0 aliphatic rings. The number of hydrogen-bond acceptors (Lipinski definition) is 3. The summed E-state index contributed by atoms with van der Waals surface area (Å²) >= 11 is 11.9. The molecule has 1 aromatic rings. The molecule has 0 spiro atoms. The Bertz CT molecular complexity index is 618. The zero-order valence-electron chi connectivity index (χ0n) is 11.1. The number of carbonyl (C=O) groups excluding carboxylic acids is 1. The number of hydrogen-bond donors (Lipinski definition) is 1. The van der Waals surface area contributed by atoms with Crippen molar-refractivity contribution in [1.29, 1.82) is 0 Å². The predicted molar refractivity (Wildman–Crippen MR) is 82.2 cm³/mol. The van der Waals surface area contributed by atoms with Crippen LogP contribution in [0.2, 0.25) is 10.0 Å². The third kappa shape index (κ3) is 4.01. The van der Waals surface area contributed by atoms with Crippen LogP contribution in [-0.2, 0) is 13.8 Å². The first kappa shape index (κ1) is 17.6. The lowest BCUT2D eigenvalue weighted by Crippen LogP contribution is -2.30. The van der Waals surface area contributed by atoms with E-state index in [0.29, 0.717) is 6.42 Å². The van der Waals surface area contributed by atoms with Gasteiger partial charge in [0.1, 0.15) is 0 Å². The summed E-state index contributed by atoms with van der Waals surface area (Å²) < 4.78 is 22.5. The van der Waals surface area contributed by atoms with Crippen molar-refractivity contribution in [2.24, 2.45) is 5.41 Å². The molecule has 0 aliphatic heterocycles. The highest BCUT2D eigenvalue weighted by atomic mass is 35.7. The fourth-order valence-corrected chi connectivity index (χ4v) is 2.75. The average Bonchev–Trinajstić information content (AvgIpc) is 2.31. The molecule has 1 N–H and O–H groups in total. The van der Waals surface area contributed by atoms with Crippen LogP contribution < -0.4 is 5.32 Å². The molecule has 8 heteroatoms. The van der Waals surface area contributed by atoms with Gasteiger partial charge < -0.3 is 5.32 Å². The third-order valence-electron chi connectivity index (χ3n) is 3.03. The topological polar surface area (TPSA) is 63.2 Å². The van der Waals surface area contributed by atoms with Gasteiger partial charge in [0.15, 0.2) is 0 Å². The molecule has 0 heterocycles. The molecule has 0 bridgehead atoms. The molecule has 112 valence electrons. The second kappa shape index (κ2) is 6.10. The van der Waals surface area contributed by atoms with E-state index in [1.54, 1.807) is 13.8 Å². The zero-order chi connectivity index (χ0) is 15.7. The number of halogens is 3. The number of rotatable bonds is 4. The standard InChI is InChI=1S/C12H14Cl3NO3S/c1-4-12(2,3)11(17)16-10-8(13)5-7(6-9(10)14)20(15,18)19/h5-6H,4H2,1-3H3,(H,16,17). The Morgan fingerprint density at radius 1 is 1.25 bits per heavy atom. The Labute approximate surface area is 132 Å². The minimum absolute atomic E-state index is 0.0111. The van der Waals surface area contributed by atoms with Crippen LogP contribution in [0.15, 0.2) is 17.0 Å². The maximum absolute atomic E-state index is 12.1. The lowest BCUT2D eigenvalue weighted by Gasteiger charge is -2.22. The lowest BCUT2D eigenvalue weighted by molar-refractivity contribution is -0.124. The molecule has 1 amide bonds. The maximum Gasteiger partial charge on any atom is 0.261 e. The Morgan fingerprint density at radius 2 is 1.70 bits per heavy atom. The van der Waals surface area contributed by atoms with Gasteiger partial charge in [0.2, 0.25) is 5.91 Å². The number of benzene rings is 1. The van der Waals surface area contributed by atoms with Crippen LogP contribution in [0, 0.1) is 5.41 Å². The van der Waals surface area contributed by atoms with Crippen LogP contribution >= 0.6 is 33.9 Å². The second-order valence-electron chi connectivity index (χ2n) is 4.89. The van der Waals surface area contributed by atoms with E-state index in [9.17, 15) is 13.2 Å². The van der Waals surface area contributed by atoms with Crippen molar-refractivity contribution in [1.82, 2.24) is 0 Å². The van der Waals surface area contributed by atoms with Crippen LogP contribution in [0.1, 0.15) is 27.2 Å². The molecule has 0 saturated heterocycles. The molecule has 0 fully saturated rings. The molecule has 0 saturated carbocycles. The lowest BCUT2D eigenvalue weighted by atomic mass is 9.89. The summed E-state index contributed by atoms with van der Waals surface area (Å²) in [7, 11) is 1.29. The van der Waals surface area contributed by atoms with Crippen LogP contribution in [0.3, 0.4) is 0 Å². The van der Waals surface area contributed by atoms with Gasteiger partial charge >= 0.3 is 0 Å². The smallest absolute Gasteiger partial charge is 0.261 e. The molecule has 20 heavy (non-hydrogen) atoms. The van der Waals surface area contributed by atoms with E-state index >= 15 is 0 Å². The molecular formula is C12H14Cl3NO3S. The van der Waals surface area contributed by atoms with Crippen molar-refractivity contribution in [3.8, 4) is 0 Å². The van der Waals surface area contributed by atoms with E-state index in [0.717, 1.165) is 12.1 Å². The predicted octanol–water partition coefficient (Wildman–Crippen LogP) is 4.30. The minimum Gasteiger partial charge on any atom is -0.323 e. The van der Waals surface area contributed by atoms with E-state index < -0.39 is 14.5 Å². The van der Waals surface area contributed by atoms with E-state index in [2.05, 4.69) is 5.32 Å². The second-order valence-corrected chi connectivity index (χ2v) is 8.27. The largest absolute Gasteiger partial charge is 0.323 e. The summed E-state index contributed by atoms with van der Waals surface area (Å²) in [6, 6.07) is 2.29. The third-order valence-corrected chi connectivity index (χ3v) is 4.96. The number of carbonyl (C=O) groups is 1. The molecule has 4 nitrogen and oxygen atoms in total. The monoisotopic (exact) mass is 357 g/mol. The van der Waals surface area contributed by atoms with Gasteiger partial charge in [-0.1, -0.05) is 44.0 Å². The van der Waals surface area contributed by atoms with E-state index in [-0.39, 0.29) is 26.5 Å². The summed E-state index contributed by atoms with van der Waals surface area (Å²) in [5.74, 6) is -0.259. The van der Waals surface area contributed by atoms with Crippen molar-refractivity contribution in [3.05, 3.63) is 22.2 Å². The SMILES string of the molecule is CCC(C)(C)C(=O)Nc1c(Cl)cc(S(=O)(=O)Cl)cc1Cl. The highest BCUT2D eigenvalue weighted by Crippen LogP contribution is 2.35. The van der Waals surface area contributed by atoms with Gasteiger partial charge in [-0.05, 0) is 18.6 Å². The molecule has 0 aliphatic carbocycles. The molecular weight excluding hydrogens is 345 g/mol. The fourth-order valence-electron chi connectivity index (χ4n) is 1.25. The van der Waals surface area contributed by atoms with Gasteiger partial charge in [-0.3, -0.25) is 4.79 Å². The van der Waals surface area contributed by atoms with Crippen molar-refractivity contribution in [3.63, 3.8) is 0 Å². The Morgan fingerprint density at radius 3 is 2.05 bits per heavy atom. The number of amides is 1. The van der Waals surface area contributed by atoms with E-state index in [1.165, 1.54) is 0 Å². The zero-order valence-corrected chi connectivity index (χ0v) is 14.2. The van der Waals surface area contributed by atoms with E-state index in [1.807, 2.05) is 6.92 Å². The van der Waals surface area contributed by atoms with Gasteiger partial charge in [-0.2, -0.15) is 0 Å². The van der Waals surface area contributed by atoms with Crippen molar-refractivity contribution in [2.75, 3.05) is 5.32 Å². The molecule has 0 unspecified atom stereocenters. The molecule has 0 radical (unpaired) electrons. The highest BCUT2D eigenvalue weighted by Gasteiger charge is 2.27.